The molecule has 0 bridgehead atoms. The minimum absolute atomic E-state index is 0.0135. The lowest BCUT2D eigenvalue weighted by molar-refractivity contribution is -0.250. The standard InChI is InChI=1S/C45H64Cl2F4N6O8/c1-24(2)17-32-40(62)55(8)35(19-27-18-28(46)14-15-31(27)47)38(60)54-43(5,6)41(63)52-16-10-9-11-33(37(59)53-32)56(22-25(3)4)39(61)30(26-12-13-26)21-36(58)34-20-29(48)23-57(34)42(64)44(7,65)45(49,50)51/h14-15,18,24-26,29-30,32-35,65H,9-13,16-17,19-23H2,1-8H3,(H,52,63)(H,53,59)(H,54,60)/t29-,30+,32+,33+,34+,35+,44-/m1/s1. The molecule has 0 unspecified atom stereocenters. The summed E-state index contributed by atoms with van der Waals surface area (Å²) in [6, 6.07) is -0.684. The summed E-state index contributed by atoms with van der Waals surface area (Å²) in [4.78, 5) is 102. The van der Waals surface area contributed by atoms with Gasteiger partial charge in [-0.1, -0.05) is 50.9 Å². The molecule has 3 aliphatic rings. The largest absolute Gasteiger partial charge is 0.426 e. The van der Waals surface area contributed by atoms with Crippen molar-refractivity contribution in [1.29, 1.82) is 0 Å². The molecule has 0 spiro atoms. The summed E-state index contributed by atoms with van der Waals surface area (Å²) in [6.45, 7) is 9.88. The maximum Gasteiger partial charge on any atom is 0.426 e. The monoisotopic (exact) mass is 962 g/mol. The predicted octanol–water partition coefficient (Wildman–Crippen LogP) is 5.18. The van der Waals surface area contributed by atoms with Crippen molar-refractivity contribution in [2.24, 2.45) is 23.7 Å². The lowest BCUT2D eigenvalue weighted by Crippen LogP contribution is -2.62. The molecular weight excluding hydrogens is 899 g/mol. The number of carbonyl (C=O) groups is 7. The number of amides is 6. The van der Waals surface area contributed by atoms with Gasteiger partial charge >= 0.3 is 6.18 Å². The number of hydrogen-bond donors (Lipinski definition) is 4. The first kappa shape index (κ1) is 53.6. The van der Waals surface area contributed by atoms with Crippen molar-refractivity contribution in [3.8, 4) is 0 Å². The second-order valence-electron chi connectivity index (χ2n) is 19.4. The van der Waals surface area contributed by atoms with Crippen LogP contribution in [0.3, 0.4) is 0 Å². The van der Waals surface area contributed by atoms with Crippen molar-refractivity contribution in [3.63, 3.8) is 0 Å². The van der Waals surface area contributed by atoms with Gasteiger partial charge in [-0.05, 0) is 101 Å². The number of aliphatic hydroxyl groups is 1. The Morgan fingerprint density at radius 1 is 0.985 bits per heavy atom. The Hall–Kier alpha value is -4.03. The van der Waals surface area contributed by atoms with Crippen LogP contribution in [0, 0.1) is 23.7 Å². The minimum atomic E-state index is -5.42. The van der Waals surface area contributed by atoms with Crippen LogP contribution in [0.5, 0.6) is 0 Å². The van der Waals surface area contributed by atoms with Gasteiger partial charge in [0, 0.05) is 55.4 Å². The van der Waals surface area contributed by atoms with Crippen LogP contribution in [-0.2, 0) is 40.0 Å². The van der Waals surface area contributed by atoms with E-state index in [1.807, 2.05) is 27.7 Å². The Balaban J connectivity index is 1.73. The quantitative estimate of drug-likeness (QED) is 0.195. The molecule has 2 aliphatic heterocycles. The number of alkyl halides is 4. The van der Waals surface area contributed by atoms with E-state index in [0.717, 1.165) is 0 Å². The number of carbonyl (C=O) groups excluding carboxylic acids is 7. The molecule has 3 fully saturated rings. The van der Waals surface area contributed by atoms with E-state index in [4.69, 9.17) is 23.2 Å². The molecule has 0 radical (unpaired) electrons. The van der Waals surface area contributed by atoms with Crippen molar-refractivity contribution >= 4 is 64.4 Å². The van der Waals surface area contributed by atoms with Crippen LogP contribution in [-0.4, -0.2) is 135 Å². The van der Waals surface area contributed by atoms with Crippen LogP contribution in [0.4, 0.5) is 17.6 Å². The van der Waals surface area contributed by atoms with E-state index in [1.54, 1.807) is 18.2 Å². The van der Waals surface area contributed by atoms with E-state index in [-0.39, 0.29) is 62.1 Å². The van der Waals surface area contributed by atoms with E-state index in [2.05, 4.69) is 16.0 Å². The fraction of sp³-hybridized carbons (Fsp3) is 0.711. The first-order valence-electron chi connectivity index (χ1n) is 22.3. The van der Waals surface area contributed by atoms with Gasteiger partial charge in [0.25, 0.3) is 5.91 Å². The maximum atomic E-state index is 14.9. The molecule has 4 rings (SSSR count). The molecule has 1 aromatic carbocycles. The zero-order valence-corrected chi connectivity index (χ0v) is 39.8. The van der Waals surface area contributed by atoms with Gasteiger partial charge in [-0.3, -0.25) is 33.6 Å². The first-order valence-corrected chi connectivity index (χ1v) is 23.0. The van der Waals surface area contributed by atoms with Gasteiger partial charge in [0.2, 0.25) is 35.1 Å². The van der Waals surface area contributed by atoms with Crippen LogP contribution in [0.2, 0.25) is 10.0 Å². The van der Waals surface area contributed by atoms with Crippen molar-refractivity contribution < 1.29 is 56.2 Å². The number of nitrogens with one attached hydrogen (secondary N) is 3. The summed E-state index contributed by atoms with van der Waals surface area (Å²) in [6.07, 6.45) is -6.75. The van der Waals surface area contributed by atoms with E-state index in [9.17, 15) is 56.2 Å². The Labute approximate surface area is 388 Å². The zero-order valence-electron chi connectivity index (χ0n) is 38.3. The zero-order chi connectivity index (χ0) is 48.9. The molecule has 7 atom stereocenters. The topological polar surface area (TPSA) is 186 Å². The highest BCUT2D eigenvalue weighted by molar-refractivity contribution is 6.33. The van der Waals surface area contributed by atoms with Gasteiger partial charge in [0.1, 0.15) is 29.8 Å². The van der Waals surface area contributed by atoms with Crippen LogP contribution >= 0.6 is 23.2 Å². The van der Waals surface area contributed by atoms with Gasteiger partial charge in [-0.15, -0.1) is 0 Å². The second kappa shape index (κ2) is 21.7. The molecule has 65 heavy (non-hydrogen) atoms. The summed E-state index contributed by atoms with van der Waals surface area (Å²) in [7, 11) is 1.40. The van der Waals surface area contributed by atoms with Gasteiger partial charge in [0.15, 0.2) is 5.78 Å². The fourth-order valence-corrected chi connectivity index (χ4v) is 8.82. The van der Waals surface area contributed by atoms with Gasteiger partial charge in [-0.25, -0.2) is 4.39 Å². The summed E-state index contributed by atoms with van der Waals surface area (Å²) in [5, 5.41) is 19.2. The van der Waals surface area contributed by atoms with E-state index >= 15 is 0 Å². The molecule has 6 amide bonds. The SMILES string of the molecule is CC(C)C[C@@H]1NC(=O)[C@@H](N(CC(C)C)C(=O)[C@@H](CC(=O)[C@@H]2C[C@@H](F)CN2C(=O)[C@@](C)(O)C(F)(F)F)C2CC2)CCCCNC(=O)C(C)(C)NC(=O)[C@H](Cc2cc(Cl)ccc2Cl)N(C)C1=O. The highest BCUT2D eigenvalue weighted by Gasteiger charge is 2.59. The lowest BCUT2D eigenvalue weighted by Gasteiger charge is -2.38. The predicted molar refractivity (Wildman–Crippen MR) is 235 cm³/mol. The van der Waals surface area contributed by atoms with Crippen LogP contribution in [0.1, 0.15) is 105 Å². The molecule has 0 aromatic heterocycles. The molecule has 14 nitrogen and oxygen atoms in total. The highest BCUT2D eigenvalue weighted by atomic mass is 35.5. The third-order valence-electron chi connectivity index (χ3n) is 12.4. The van der Waals surface area contributed by atoms with Crippen LogP contribution in [0.15, 0.2) is 18.2 Å². The van der Waals surface area contributed by atoms with Gasteiger partial charge in [-0.2, -0.15) is 13.2 Å². The Kier molecular flexibility index (Phi) is 17.9. The third kappa shape index (κ3) is 13.5. The number of Topliss-reactive ketones (excluding diaryl/α,β-unsaturated/α-hetero) is 1. The van der Waals surface area contributed by atoms with Crippen LogP contribution < -0.4 is 16.0 Å². The fourth-order valence-electron chi connectivity index (χ4n) is 8.44. The minimum Gasteiger partial charge on any atom is -0.373 e. The van der Waals surface area contributed by atoms with E-state index < -0.39 is 114 Å². The maximum absolute atomic E-state index is 14.9. The molecule has 2 saturated heterocycles. The molecule has 1 aliphatic carbocycles. The van der Waals surface area contributed by atoms with Gasteiger partial charge < -0.3 is 35.8 Å². The Morgan fingerprint density at radius 2 is 1.63 bits per heavy atom. The Morgan fingerprint density at radius 3 is 2.22 bits per heavy atom. The van der Waals surface area contributed by atoms with Gasteiger partial charge in [0.05, 0.1) is 12.6 Å². The molecule has 4 N–H and O–H groups in total. The summed E-state index contributed by atoms with van der Waals surface area (Å²) in [5.74, 6) is -7.71. The average Bonchev–Trinajstić information content (AvgIpc) is 3.97. The van der Waals surface area contributed by atoms with E-state index in [1.165, 1.54) is 30.7 Å². The van der Waals surface area contributed by atoms with Crippen molar-refractivity contribution in [2.75, 3.05) is 26.7 Å². The number of likely N-dealkylation sites (tertiary alicyclic amines) is 1. The smallest absolute Gasteiger partial charge is 0.373 e. The first-order chi connectivity index (χ1) is 30.1. The summed E-state index contributed by atoms with van der Waals surface area (Å²) in [5.41, 5.74) is -4.90. The average molecular weight is 964 g/mol. The number of ketones is 1. The normalized spacial score (nSPS) is 25.5. The lowest BCUT2D eigenvalue weighted by atomic mass is 9.90. The molecule has 2 heterocycles. The number of rotatable bonds is 13. The van der Waals surface area contributed by atoms with Crippen molar-refractivity contribution in [1.82, 2.24) is 30.7 Å². The third-order valence-corrected chi connectivity index (χ3v) is 13.0. The number of halogens is 6. The number of nitrogens with zero attached hydrogens (tertiary/aromatic N) is 3. The van der Waals surface area contributed by atoms with Crippen molar-refractivity contribution in [2.45, 2.75) is 154 Å². The van der Waals surface area contributed by atoms with Crippen LogP contribution in [0.25, 0.3) is 0 Å². The molecule has 1 aromatic rings. The Bertz CT molecular complexity index is 1950. The molecular formula is C45H64Cl2F4N6O8. The molecule has 20 heteroatoms. The second-order valence-corrected chi connectivity index (χ2v) is 20.2. The number of benzene rings is 1. The van der Waals surface area contributed by atoms with Crippen molar-refractivity contribution in [3.05, 3.63) is 33.8 Å². The summed E-state index contributed by atoms with van der Waals surface area (Å²) >= 11 is 12.8. The number of hydrogen-bond acceptors (Lipinski definition) is 8. The molecule has 1 saturated carbocycles. The highest BCUT2D eigenvalue weighted by Crippen LogP contribution is 2.42. The number of likely N-dealkylation sites (N-methyl/N-ethyl adjacent to an activating group) is 1. The molecule has 364 valence electrons. The van der Waals surface area contributed by atoms with E-state index in [0.29, 0.717) is 41.2 Å². The summed E-state index contributed by atoms with van der Waals surface area (Å²) < 4.78 is 55.9.